The number of nitrogens with one attached hydrogen (secondary N) is 1. The van der Waals surface area contributed by atoms with Crippen molar-refractivity contribution < 1.29 is 4.39 Å². The van der Waals surface area contributed by atoms with Gasteiger partial charge in [0.2, 0.25) is 0 Å². The molecule has 0 aliphatic rings. The SMILES string of the molecule is CC(Cc1ccccc1)n1cnc2c([nH]c3ccc(F)cc32)c1=O. The highest BCUT2D eigenvalue weighted by molar-refractivity contribution is 6.04. The monoisotopic (exact) mass is 321 g/mol. The zero-order valence-corrected chi connectivity index (χ0v) is 13.2. The molecule has 24 heavy (non-hydrogen) atoms. The summed E-state index contributed by atoms with van der Waals surface area (Å²) in [5.41, 5.74) is 2.66. The molecule has 0 bridgehead atoms. The molecule has 4 aromatic rings. The van der Waals surface area contributed by atoms with E-state index in [1.807, 2.05) is 37.3 Å². The highest BCUT2D eigenvalue weighted by atomic mass is 19.1. The van der Waals surface area contributed by atoms with Crippen molar-refractivity contribution in [2.45, 2.75) is 19.4 Å². The summed E-state index contributed by atoms with van der Waals surface area (Å²) in [5, 5.41) is 0.630. The van der Waals surface area contributed by atoms with E-state index in [0.29, 0.717) is 21.9 Å². The number of fused-ring (bicyclic) bond motifs is 3. The van der Waals surface area contributed by atoms with E-state index >= 15 is 0 Å². The molecule has 1 unspecified atom stereocenters. The third-order valence-corrected chi connectivity index (χ3v) is 4.34. The van der Waals surface area contributed by atoms with Gasteiger partial charge in [0.25, 0.3) is 5.56 Å². The molecule has 0 radical (unpaired) electrons. The number of aromatic nitrogens is 3. The smallest absolute Gasteiger partial charge is 0.277 e. The van der Waals surface area contributed by atoms with Gasteiger partial charge in [0.05, 0.1) is 6.33 Å². The van der Waals surface area contributed by atoms with E-state index in [-0.39, 0.29) is 17.4 Å². The quantitative estimate of drug-likeness (QED) is 0.623. The van der Waals surface area contributed by atoms with Gasteiger partial charge in [-0.05, 0) is 37.1 Å². The minimum absolute atomic E-state index is 0.0278. The molecule has 1 N–H and O–H groups in total. The minimum atomic E-state index is -0.341. The number of hydrogen-bond acceptors (Lipinski definition) is 2. The summed E-state index contributed by atoms with van der Waals surface area (Å²) in [7, 11) is 0. The van der Waals surface area contributed by atoms with Gasteiger partial charge in [0, 0.05) is 16.9 Å². The van der Waals surface area contributed by atoms with Crippen LogP contribution in [0.25, 0.3) is 21.9 Å². The average molecular weight is 321 g/mol. The molecule has 2 aromatic carbocycles. The van der Waals surface area contributed by atoms with Gasteiger partial charge in [-0.3, -0.25) is 9.36 Å². The van der Waals surface area contributed by atoms with Crippen LogP contribution in [-0.2, 0) is 6.42 Å². The predicted molar refractivity (Wildman–Crippen MR) is 92.7 cm³/mol. The van der Waals surface area contributed by atoms with Gasteiger partial charge >= 0.3 is 0 Å². The Labute approximate surface area is 137 Å². The van der Waals surface area contributed by atoms with Crippen LogP contribution in [0.1, 0.15) is 18.5 Å². The van der Waals surface area contributed by atoms with Crippen LogP contribution in [0.15, 0.2) is 59.7 Å². The van der Waals surface area contributed by atoms with Gasteiger partial charge in [0.1, 0.15) is 16.9 Å². The van der Waals surface area contributed by atoms with Crippen LogP contribution < -0.4 is 5.56 Å². The number of benzene rings is 2. The summed E-state index contributed by atoms with van der Waals surface area (Å²) in [4.78, 5) is 20.3. The van der Waals surface area contributed by atoms with E-state index in [9.17, 15) is 9.18 Å². The topological polar surface area (TPSA) is 50.7 Å². The lowest BCUT2D eigenvalue weighted by Crippen LogP contribution is -2.25. The van der Waals surface area contributed by atoms with E-state index in [1.54, 1.807) is 17.0 Å². The lowest BCUT2D eigenvalue weighted by molar-refractivity contribution is 0.523. The van der Waals surface area contributed by atoms with Gasteiger partial charge in [-0.1, -0.05) is 30.3 Å². The van der Waals surface area contributed by atoms with Gasteiger partial charge in [-0.25, -0.2) is 9.37 Å². The van der Waals surface area contributed by atoms with E-state index in [4.69, 9.17) is 0 Å². The molecule has 0 aliphatic carbocycles. The van der Waals surface area contributed by atoms with Crippen molar-refractivity contribution in [3.8, 4) is 0 Å². The molecule has 2 aromatic heterocycles. The number of aromatic amines is 1. The zero-order valence-electron chi connectivity index (χ0n) is 13.2. The molecule has 1 atom stereocenters. The van der Waals surface area contributed by atoms with Gasteiger partial charge in [-0.15, -0.1) is 0 Å². The van der Waals surface area contributed by atoms with Gasteiger partial charge in [-0.2, -0.15) is 0 Å². The Morgan fingerprint density at radius 2 is 2.00 bits per heavy atom. The van der Waals surface area contributed by atoms with E-state index in [1.165, 1.54) is 12.1 Å². The largest absolute Gasteiger partial charge is 0.349 e. The highest BCUT2D eigenvalue weighted by Gasteiger charge is 2.14. The first-order chi connectivity index (χ1) is 11.6. The molecule has 4 nitrogen and oxygen atoms in total. The number of halogens is 1. The Balaban J connectivity index is 1.81. The van der Waals surface area contributed by atoms with Crippen LogP contribution in [0.5, 0.6) is 0 Å². The molecule has 0 saturated carbocycles. The third kappa shape index (κ3) is 2.38. The van der Waals surface area contributed by atoms with E-state index in [0.717, 1.165) is 12.0 Å². The molecule has 0 spiro atoms. The van der Waals surface area contributed by atoms with Crippen molar-refractivity contribution in [1.82, 2.24) is 14.5 Å². The van der Waals surface area contributed by atoms with E-state index < -0.39 is 0 Å². The lowest BCUT2D eigenvalue weighted by atomic mass is 10.1. The first-order valence-electron chi connectivity index (χ1n) is 7.85. The fraction of sp³-hybridized carbons (Fsp3) is 0.158. The second-order valence-corrected chi connectivity index (χ2v) is 6.03. The van der Waals surface area contributed by atoms with Crippen molar-refractivity contribution in [1.29, 1.82) is 0 Å². The molecule has 0 fully saturated rings. The molecular formula is C19H16FN3O. The highest BCUT2D eigenvalue weighted by Crippen LogP contribution is 2.23. The molecule has 0 aliphatic heterocycles. The van der Waals surface area contributed by atoms with Crippen molar-refractivity contribution in [3.63, 3.8) is 0 Å². The molecule has 5 heteroatoms. The Hall–Kier alpha value is -2.95. The van der Waals surface area contributed by atoms with Crippen LogP contribution in [0.3, 0.4) is 0 Å². The molecule has 2 heterocycles. The molecule has 120 valence electrons. The number of nitrogens with zero attached hydrogens (tertiary/aromatic N) is 2. The molecular weight excluding hydrogens is 305 g/mol. The number of H-pyrrole nitrogens is 1. The average Bonchev–Trinajstić information content (AvgIpc) is 2.95. The van der Waals surface area contributed by atoms with Crippen molar-refractivity contribution in [2.24, 2.45) is 0 Å². The standard InChI is InChI=1S/C19H16FN3O/c1-12(9-13-5-3-2-4-6-13)23-11-21-17-15-10-14(20)7-8-16(15)22-18(17)19(23)24/h2-8,10-12,22H,9H2,1H3. The second-order valence-electron chi connectivity index (χ2n) is 6.03. The second kappa shape index (κ2) is 5.60. The number of rotatable bonds is 3. The van der Waals surface area contributed by atoms with Crippen LogP contribution in [0.4, 0.5) is 4.39 Å². The summed E-state index contributed by atoms with van der Waals surface area (Å²) in [6.07, 6.45) is 2.29. The van der Waals surface area contributed by atoms with E-state index in [2.05, 4.69) is 9.97 Å². The van der Waals surface area contributed by atoms with Crippen molar-refractivity contribution in [3.05, 3.63) is 76.6 Å². The maximum atomic E-state index is 13.5. The van der Waals surface area contributed by atoms with Crippen LogP contribution >= 0.6 is 0 Å². The Bertz CT molecular complexity index is 1080. The summed E-state index contributed by atoms with van der Waals surface area (Å²) in [6.45, 7) is 1.99. The summed E-state index contributed by atoms with van der Waals surface area (Å²) >= 11 is 0. The fourth-order valence-corrected chi connectivity index (χ4v) is 3.11. The summed E-state index contributed by atoms with van der Waals surface area (Å²) < 4.78 is 15.1. The minimum Gasteiger partial charge on any atom is -0.349 e. The van der Waals surface area contributed by atoms with Crippen molar-refractivity contribution >= 4 is 21.9 Å². The lowest BCUT2D eigenvalue weighted by Gasteiger charge is -2.14. The Kier molecular flexibility index (Phi) is 3.41. The van der Waals surface area contributed by atoms with Crippen LogP contribution in [-0.4, -0.2) is 14.5 Å². The first kappa shape index (κ1) is 14.6. The molecule has 0 amide bonds. The first-order valence-corrected chi connectivity index (χ1v) is 7.85. The molecule has 4 rings (SSSR count). The third-order valence-electron chi connectivity index (χ3n) is 4.34. The van der Waals surface area contributed by atoms with Gasteiger partial charge in [0.15, 0.2) is 0 Å². The Morgan fingerprint density at radius 1 is 1.21 bits per heavy atom. The fourth-order valence-electron chi connectivity index (χ4n) is 3.11. The maximum absolute atomic E-state index is 13.5. The van der Waals surface area contributed by atoms with Crippen molar-refractivity contribution in [2.75, 3.05) is 0 Å². The summed E-state index contributed by atoms with van der Waals surface area (Å²) in [5.74, 6) is -0.341. The predicted octanol–water partition coefficient (Wildman–Crippen LogP) is 3.82. The normalized spacial score (nSPS) is 12.8. The zero-order chi connectivity index (χ0) is 16.7. The van der Waals surface area contributed by atoms with Crippen LogP contribution in [0.2, 0.25) is 0 Å². The summed E-state index contributed by atoms with van der Waals surface area (Å²) in [6, 6.07) is 14.4. The van der Waals surface area contributed by atoms with Crippen LogP contribution in [0, 0.1) is 5.82 Å². The van der Waals surface area contributed by atoms with Gasteiger partial charge < -0.3 is 4.98 Å². The maximum Gasteiger partial charge on any atom is 0.277 e. The number of hydrogen-bond donors (Lipinski definition) is 1. The Morgan fingerprint density at radius 3 is 2.79 bits per heavy atom. The molecule has 0 saturated heterocycles.